The van der Waals surface area contributed by atoms with Gasteiger partial charge in [0.15, 0.2) is 0 Å². The highest BCUT2D eigenvalue weighted by atomic mass is 16.2. The van der Waals surface area contributed by atoms with Gasteiger partial charge in [-0.05, 0) is 61.4 Å². The van der Waals surface area contributed by atoms with Crippen LogP contribution in [0.15, 0.2) is 48.5 Å². The second kappa shape index (κ2) is 9.37. The summed E-state index contributed by atoms with van der Waals surface area (Å²) in [5, 5.41) is 5.49. The highest BCUT2D eigenvalue weighted by Crippen LogP contribution is 2.23. The van der Waals surface area contributed by atoms with Crippen molar-refractivity contribution in [1.29, 1.82) is 0 Å². The number of benzene rings is 2. The topological polar surface area (TPSA) is 78.5 Å². The zero-order valence-corrected chi connectivity index (χ0v) is 16.9. The highest BCUT2D eigenvalue weighted by molar-refractivity contribution is 6.05. The molecule has 1 aliphatic rings. The first-order valence-corrected chi connectivity index (χ1v) is 10.0. The quantitative estimate of drug-likeness (QED) is 0.795. The Morgan fingerprint density at radius 1 is 0.793 bits per heavy atom. The van der Waals surface area contributed by atoms with Gasteiger partial charge in [-0.1, -0.05) is 19.3 Å². The Bertz CT molecular complexity index is 869. The van der Waals surface area contributed by atoms with Crippen LogP contribution in [0.2, 0.25) is 0 Å². The van der Waals surface area contributed by atoms with Gasteiger partial charge in [0.05, 0.1) is 0 Å². The summed E-state index contributed by atoms with van der Waals surface area (Å²) in [6, 6.07) is 14.0. The Morgan fingerprint density at radius 2 is 1.31 bits per heavy atom. The molecule has 0 unspecified atom stereocenters. The number of carbonyl (C=O) groups is 3. The van der Waals surface area contributed by atoms with Crippen LogP contribution in [0.1, 0.15) is 59.7 Å². The highest BCUT2D eigenvalue weighted by Gasteiger charge is 2.22. The second-order valence-corrected chi connectivity index (χ2v) is 7.50. The Labute approximate surface area is 171 Å². The third-order valence-corrected chi connectivity index (χ3v) is 5.30. The average molecular weight is 393 g/mol. The molecule has 0 saturated heterocycles. The summed E-state index contributed by atoms with van der Waals surface area (Å²) in [5.74, 6) is -0.396. The van der Waals surface area contributed by atoms with Crippen LogP contribution in [0.4, 0.5) is 11.4 Å². The number of nitrogens with zero attached hydrogens (tertiary/aromatic N) is 1. The monoisotopic (exact) mass is 393 g/mol. The number of amides is 3. The first-order valence-electron chi connectivity index (χ1n) is 10.0. The number of nitrogens with one attached hydrogen (secondary N) is 2. The minimum absolute atomic E-state index is 0.0170. The molecule has 0 radical (unpaired) electrons. The lowest BCUT2D eigenvalue weighted by atomic mass is 9.94. The van der Waals surface area contributed by atoms with Crippen molar-refractivity contribution in [1.82, 2.24) is 4.90 Å². The van der Waals surface area contributed by atoms with Gasteiger partial charge in [0.1, 0.15) is 0 Å². The minimum atomic E-state index is -0.252. The molecule has 6 heteroatoms. The van der Waals surface area contributed by atoms with Crippen molar-refractivity contribution < 1.29 is 14.4 Å². The van der Waals surface area contributed by atoms with Crippen LogP contribution in [-0.4, -0.2) is 35.7 Å². The van der Waals surface area contributed by atoms with E-state index in [1.54, 1.807) is 48.5 Å². The zero-order valence-electron chi connectivity index (χ0n) is 16.9. The van der Waals surface area contributed by atoms with Crippen molar-refractivity contribution in [2.75, 3.05) is 17.7 Å². The molecule has 3 amide bonds. The predicted octanol–water partition coefficient (Wildman–Crippen LogP) is 4.30. The van der Waals surface area contributed by atoms with Gasteiger partial charge in [0.25, 0.3) is 11.8 Å². The molecule has 2 aromatic rings. The molecular formula is C23H27N3O3. The molecule has 1 aliphatic carbocycles. The van der Waals surface area contributed by atoms with Crippen molar-refractivity contribution >= 4 is 29.1 Å². The summed E-state index contributed by atoms with van der Waals surface area (Å²) >= 11 is 0. The largest absolute Gasteiger partial charge is 0.339 e. The van der Waals surface area contributed by atoms with E-state index in [2.05, 4.69) is 10.6 Å². The van der Waals surface area contributed by atoms with Crippen LogP contribution in [0.5, 0.6) is 0 Å². The molecule has 2 N–H and O–H groups in total. The second-order valence-electron chi connectivity index (χ2n) is 7.50. The molecule has 0 atom stereocenters. The number of anilines is 2. The van der Waals surface area contributed by atoms with Crippen LogP contribution in [0, 0.1) is 0 Å². The molecule has 0 bridgehead atoms. The molecule has 0 spiro atoms. The number of hydrogen-bond donors (Lipinski definition) is 2. The number of hydrogen-bond acceptors (Lipinski definition) is 3. The summed E-state index contributed by atoms with van der Waals surface area (Å²) in [6.07, 6.45) is 5.75. The molecule has 0 aliphatic heterocycles. The Hall–Kier alpha value is -3.15. The molecule has 0 heterocycles. The summed E-state index contributed by atoms with van der Waals surface area (Å²) in [6.45, 7) is 1.43. The van der Waals surface area contributed by atoms with Crippen LogP contribution < -0.4 is 10.6 Å². The average Bonchev–Trinajstić information content (AvgIpc) is 2.74. The Balaban J connectivity index is 1.60. The van der Waals surface area contributed by atoms with Crippen LogP contribution >= 0.6 is 0 Å². The Kier molecular flexibility index (Phi) is 6.65. The van der Waals surface area contributed by atoms with Crippen molar-refractivity contribution in [3.05, 3.63) is 59.7 Å². The molecule has 6 nitrogen and oxygen atoms in total. The molecule has 3 rings (SSSR count). The van der Waals surface area contributed by atoms with Gasteiger partial charge in [-0.15, -0.1) is 0 Å². The van der Waals surface area contributed by atoms with Gasteiger partial charge in [-0.25, -0.2) is 0 Å². The van der Waals surface area contributed by atoms with E-state index in [-0.39, 0.29) is 17.7 Å². The van der Waals surface area contributed by atoms with Gasteiger partial charge < -0.3 is 15.5 Å². The Morgan fingerprint density at radius 3 is 1.86 bits per heavy atom. The van der Waals surface area contributed by atoms with E-state index in [0.29, 0.717) is 28.5 Å². The van der Waals surface area contributed by atoms with Crippen molar-refractivity contribution in [3.63, 3.8) is 0 Å². The van der Waals surface area contributed by atoms with Crippen LogP contribution in [0.25, 0.3) is 0 Å². The summed E-state index contributed by atoms with van der Waals surface area (Å²) in [5.41, 5.74) is 2.36. The van der Waals surface area contributed by atoms with Crippen molar-refractivity contribution in [2.45, 2.75) is 45.1 Å². The summed E-state index contributed by atoms with van der Waals surface area (Å²) in [7, 11) is 1.87. The van der Waals surface area contributed by atoms with Gasteiger partial charge >= 0.3 is 0 Å². The molecule has 2 aromatic carbocycles. The van der Waals surface area contributed by atoms with Crippen molar-refractivity contribution in [3.8, 4) is 0 Å². The third kappa shape index (κ3) is 5.44. The lowest BCUT2D eigenvalue weighted by molar-refractivity contribution is -0.114. The van der Waals surface area contributed by atoms with Crippen molar-refractivity contribution in [2.24, 2.45) is 0 Å². The fourth-order valence-corrected chi connectivity index (χ4v) is 3.65. The predicted molar refractivity (Wildman–Crippen MR) is 114 cm³/mol. The standard InChI is InChI=1S/C23H27N3O3/c1-16(27)24-19-12-8-17(9-13-19)22(28)25-20-14-10-18(11-15-20)23(29)26(2)21-6-4-3-5-7-21/h8-15,21H,3-7H2,1-2H3,(H,24,27)(H,25,28). The van der Waals surface area contributed by atoms with Gasteiger partial charge in [0.2, 0.25) is 5.91 Å². The molecule has 29 heavy (non-hydrogen) atoms. The SMILES string of the molecule is CC(=O)Nc1ccc(C(=O)Nc2ccc(C(=O)N(C)C3CCCCC3)cc2)cc1. The minimum Gasteiger partial charge on any atom is -0.339 e. The number of rotatable bonds is 5. The maximum Gasteiger partial charge on any atom is 0.255 e. The summed E-state index contributed by atoms with van der Waals surface area (Å²) < 4.78 is 0. The fourth-order valence-electron chi connectivity index (χ4n) is 3.65. The molecule has 0 aromatic heterocycles. The van der Waals surface area contributed by atoms with E-state index >= 15 is 0 Å². The van der Waals surface area contributed by atoms with E-state index < -0.39 is 0 Å². The van der Waals surface area contributed by atoms with E-state index in [0.717, 1.165) is 12.8 Å². The normalized spacial score (nSPS) is 14.1. The first kappa shape index (κ1) is 20.6. The van der Waals surface area contributed by atoms with Crippen LogP contribution in [0.3, 0.4) is 0 Å². The van der Waals surface area contributed by atoms with Crippen LogP contribution in [-0.2, 0) is 4.79 Å². The van der Waals surface area contributed by atoms with Gasteiger partial charge in [-0.3, -0.25) is 14.4 Å². The van der Waals surface area contributed by atoms with E-state index in [1.807, 2.05) is 11.9 Å². The van der Waals surface area contributed by atoms with E-state index in [1.165, 1.54) is 26.2 Å². The molecular weight excluding hydrogens is 366 g/mol. The third-order valence-electron chi connectivity index (χ3n) is 5.30. The zero-order chi connectivity index (χ0) is 20.8. The lowest BCUT2D eigenvalue weighted by Gasteiger charge is -2.31. The van der Waals surface area contributed by atoms with E-state index in [9.17, 15) is 14.4 Å². The maximum absolute atomic E-state index is 12.7. The van der Waals surface area contributed by atoms with Gasteiger partial charge in [0, 0.05) is 42.5 Å². The van der Waals surface area contributed by atoms with Gasteiger partial charge in [-0.2, -0.15) is 0 Å². The maximum atomic E-state index is 12.7. The summed E-state index contributed by atoms with van der Waals surface area (Å²) in [4.78, 5) is 38.0. The molecule has 1 fully saturated rings. The lowest BCUT2D eigenvalue weighted by Crippen LogP contribution is -2.38. The first-order chi connectivity index (χ1) is 13.9. The smallest absolute Gasteiger partial charge is 0.255 e. The molecule has 152 valence electrons. The van der Waals surface area contributed by atoms with E-state index in [4.69, 9.17) is 0 Å². The fraction of sp³-hybridized carbons (Fsp3) is 0.348. The number of carbonyl (C=O) groups excluding carboxylic acids is 3. The molecule has 1 saturated carbocycles.